The Morgan fingerprint density at radius 1 is 1.14 bits per heavy atom. The van der Waals surface area contributed by atoms with E-state index in [0.29, 0.717) is 16.5 Å². The average Bonchev–Trinajstić information content (AvgIpc) is 2.46. The van der Waals surface area contributed by atoms with E-state index in [1.807, 2.05) is 44.2 Å². The van der Waals surface area contributed by atoms with Gasteiger partial charge in [-0.15, -0.1) is 0 Å². The Kier molecular flexibility index (Phi) is 4.86. The van der Waals surface area contributed by atoms with Gasteiger partial charge in [0.05, 0.1) is 0 Å². The second-order valence-corrected chi connectivity index (χ2v) is 5.33. The van der Waals surface area contributed by atoms with Crippen LogP contribution in [0.15, 0.2) is 42.5 Å². The van der Waals surface area contributed by atoms with Crippen LogP contribution in [0.2, 0.25) is 5.02 Å². The molecule has 2 rings (SSSR count). The second-order valence-electron chi connectivity index (χ2n) is 4.93. The summed E-state index contributed by atoms with van der Waals surface area (Å²) in [5.74, 6) is 0.506. The fourth-order valence-corrected chi connectivity index (χ4v) is 2.08. The summed E-state index contributed by atoms with van der Waals surface area (Å²) in [6.45, 7) is 5.54. The Balaban J connectivity index is 2.06. The summed E-state index contributed by atoms with van der Waals surface area (Å²) in [5, 5.41) is 3.47. The van der Waals surface area contributed by atoms with E-state index in [9.17, 15) is 4.79 Å². The standard InChI is InChI=1S/C17H18ClNO2/c1-11-7-4-5-10-16(11)21-13(3)17(20)19-15-9-6-8-14(18)12(15)2/h4-10,13H,1-3H3,(H,19,20). The molecule has 0 heterocycles. The molecule has 2 aromatic rings. The van der Waals surface area contributed by atoms with Gasteiger partial charge in [0.15, 0.2) is 6.10 Å². The molecule has 0 spiro atoms. The smallest absolute Gasteiger partial charge is 0.265 e. The number of para-hydroxylation sites is 1. The first-order valence-corrected chi connectivity index (χ1v) is 7.15. The molecule has 0 bridgehead atoms. The summed E-state index contributed by atoms with van der Waals surface area (Å²) in [6.07, 6.45) is -0.593. The van der Waals surface area contributed by atoms with E-state index in [1.165, 1.54) is 0 Å². The van der Waals surface area contributed by atoms with Crippen molar-refractivity contribution < 1.29 is 9.53 Å². The molecule has 0 fully saturated rings. The Morgan fingerprint density at radius 3 is 2.57 bits per heavy atom. The van der Waals surface area contributed by atoms with Crippen LogP contribution in [-0.2, 0) is 4.79 Å². The zero-order chi connectivity index (χ0) is 15.4. The molecule has 110 valence electrons. The van der Waals surface area contributed by atoms with Crippen molar-refractivity contribution in [1.82, 2.24) is 0 Å². The average molecular weight is 304 g/mol. The van der Waals surface area contributed by atoms with Crippen LogP contribution in [0.3, 0.4) is 0 Å². The minimum absolute atomic E-state index is 0.205. The molecular formula is C17H18ClNO2. The van der Waals surface area contributed by atoms with Crippen LogP contribution >= 0.6 is 11.6 Å². The van der Waals surface area contributed by atoms with Crippen molar-refractivity contribution >= 4 is 23.2 Å². The van der Waals surface area contributed by atoms with Gasteiger partial charge in [0.2, 0.25) is 0 Å². The number of hydrogen-bond acceptors (Lipinski definition) is 2. The largest absolute Gasteiger partial charge is 0.481 e. The fraction of sp³-hybridized carbons (Fsp3) is 0.235. The number of rotatable bonds is 4. The number of hydrogen-bond donors (Lipinski definition) is 1. The molecule has 4 heteroatoms. The maximum atomic E-state index is 12.2. The number of carbonyl (C=O) groups excluding carboxylic acids is 1. The van der Waals surface area contributed by atoms with E-state index in [0.717, 1.165) is 11.1 Å². The zero-order valence-electron chi connectivity index (χ0n) is 12.3. The first kappa shape index (κ1) is 15.4. The molecule has 0 saturated carbocycles. The van der Waals surface area contributed by atoms with Crippen molar-refractivity contribution in [3.05, 3.63) is 58.6 Å². The lowest BCUT2D eigenvalue weighted by atomic mass is 10.2. The maximum absolute atomic E-state index is 12.2. The van der Waals surface area contributed by atoms with Gasteiger partial charge in [0.1, 0.15) is 5.75 Å². The third kappa shape index (κ3) is 3.76. The summed E-state index contributed by atoms with van der Waals surface area (Å²) < 4.78 is 5.70. The van der Waals surface area contributed by atoms with E-state index < -0.39 is 6.10 Å². The Morgan fingerprint density at radius 2 is 1.86 bits per heavy atom. The molecule has 0 radical (unpaired) electrons. The highest BCUT2D eigenvalue weighted by Crippen LogP contribution is 2.23. The molecular weight excluding hydrogens is 286 g/mol. The quantitative estimate of drug-likeness (QED) is 0.911. The van der Waals surface area contributed by atoms with E-state index in [2.05, 4.69) is 5.32 Å². The number of benzene rings is 2. The van der Waals surface area contributed by atoms with E-state index in [1.54, 1.807) is 19.1 Å². The first-order valence-electron chi connectivity index (χ1n) is 6.77. The Bertz CT molecular complexity index is 655. The normalized spacial score (nSPS) is 11.8. The van der Waals surface area contributed by atoms with Crippen LogP contribution in [0.4, 0.5) is 5.69 Å². The number of nitrogens with one attached hydrogen (secondary N) is 1. The Hall–Kier alpha value is -2.00. The number of anilines is 1. The second kappa shape index (κ2) is 6.64. The van der Waals surface area contributed by atoms with Crippen LogP contribution in [0.1, 0.15) is 18.1 Å². The van der Waals surface area contributed by atoms with Gasteiger partial charge in [-0.25, -0.2) is 0 Å². The fourth-order valence-electron chi connectivity index (χ4n) is 1.91. The molecule has 0 aliphatic heterocycles. The lowest BCUT2D eigenvalue weighted by molar-refractivity contribution is -0.122. The highest BCUT2D eigenvalue weighted by molar-refractivity contribution is 6.31. The minimum atomic E-state index is -0.593. The third-order valence-electron chi connectivity index (χ3n) is 3.29. The summed E-state index contributed by atoms with van der Waals surface area (Å²) in [4.78, 5) is 12.2. The van der Waals surface area contributed by atoms with Gasteiger partial charge in [-0.2, -0.15) is 0 Å². The molecule has 0 aliphatic carbocycles. The predicted octanol–water partition coefficient (Wildman–Crippen LogP) is 4.36. The van der Waals surface area contributed by atoms with Crippen molar-refractivity contribution in [2.24, 2.45) is 0 Å². The van der Waals surface area contributed by atoms with Gasteiger partial charge in [0, 0.05) is 10.7 Å². The van der Waals surface area contributed by atoms with Gasteiger partial charge in [-0.1, -0.05) is 35.9 Å². The van der Waals surface area contributed by atoms with Gasteiger partial charge >= 0.3 is 0 Å². The first-order chi connectivity index (χ1) is 9.99. The Labute approximate surface area is 129 Å². The molecule has 2 aromatic carbocycles. The number of aryl methyl sites for hydroxylation is 1. The van der Waals surface area contributed by atoms with Crippen LogP contribution in [0, 0.1) is 13.8 Å². The van der Waals surface area contributed by atoms with Crippen molar-refractivity contribution in [1.29, 1.82) is 0 Å². The van der Waals surface area contributed by atoms with Crippen LogP contribution in [-0.4, -0.2) is 12.0 Å². The summed E-state index contributed by atoms with van der Waals surface area (Å²) in [5.41, 5.74) is 2.54. The molecule has 3 nitrogen and oxygen atoms in total. The molecule has 1 atom stereocenters. The molecule has 0 aromatic heterocycles. The zero-order valence-corrected chi connectivity index (χ0v) is 13.1. The van der Waals surface area contributed by atoms with Gasteiger partial charge in [-0.3, -0.25) is 4.79 Å². The van der Waals surface area contributed by atoms with E-state index >= 15 is 0 Å². The number of carbonyl (C=O) groups is 1. The summed E-state index contributed by atoms with van der Waals surface area (Å²) in [7, 11) is 0. The van der Waals surface area contributed by atoms with Crippen molar-refractivity contribution in [3.63, 3.8) is 0 Å². The van der Waals surface area contributed by atoms with Crippen molar-refractivity contribution in [2.45, 2.75) is 26.9 Å². The van der Waals surface area contributed by atoms with Gasteiger partial charge in [-0.05, 0) is 50.1 Å². The lowest BCUT2D eigenvalue weighted by Crippen LogP contribution is -2.30. The van der Waals surface area contributed by atoms with E-state index in [4.69, 9.17) is 16.3 Å². The lowest BCUT2D eigenvalue weighted by Gasteiger charge is -2.17. The topological polar surface area (TPSA) is 38.3 Å². The SMILES string of the molecule is Cc1ccccc1OC(C)C(=O)Nc1cccc(Cl)c1C. The molecule has 0 saturated heterocycles. The summed E-state index contributed by atoms with van der Waals surface area (Å²) in [6, 6.07) is 13.0. The molecule has 0 aliphatic rings. The molecule has 21 heavy (non-hydrogen) atoms. The van der Waals surface area contributed by atoms with Gasteiger partial charge < -0.3 is 10.1 Å². The highest BCUT2D eigenvalue weighted by Gasteiger charge is 2.16. The van der Waals surface area contributed by atoms with E-state index in [-0.39, 0.29) is 5.91 Å². The molecule has 1 unspecified atom stereocenters. The van der Waals surface area contributed by atoms with Crippen LogP contribution < -0.4 is 10.1 Å². The number of halogens is 1. The molecule has 1 amide bonds. The minimum Gasteiger partial charge on any atom is -0.481 e. The number of amides is 1. The van der Waals surface area contributed by atoms with Crippen molar-refractivity contribution in [3.8, 4) is 5.75 Å². The van der Waals surface area contributed by atoms with Crippen LogP contribution in [0.5, 0.6) is 5.75 Å². The van der Waals surface area contributed by atoms with Crippen molar-refractivity contribution in [2.75, 3.05) is 5.32 Å². The van der Waals surface area contributed by atoms with Crippen LogP contribution in [0.25, 0.3) is 0 Å². The highest BCUT2D eigenvalue weighted by atomic mass is 35.5. The maximum Gasteiger partial charge on any atom is 0.265 e. The summed E-state index contributed by atoms with van der Waals surface area (Å²) >= 11 is 6.04. The third-order valence-corrected chi connectivity index (χ3v) is 3.70. The molecule has 1 N–H and O–H groups in total. The predicted molar refractivity (Wildman–Crippen MR) is 86.1 cm³/mol. The number of ether oxygens (including phenoxy) is 1. The monoisotopic (exact) mass is 303 g/mol. The van der Waals surface area contributed by atoms with Gasteiger partial charge in [0.25, 0.3) is 5.91 Å².